The molecule has 8 nitrogen and oxygen atoms in total. The van der Waals surface area contributed by atoms with Crippen LogP contribution in [0.1, 0.15) is 35.6 Å². The second kappa shape index (κ2) is 5.40. The number of nitrogens with zero attached hydrogens (tertiary/aromatic N) is 4. The lowest BCUT2D eigenvalue weighted by atomic mass is 9.90. The molecule has 2 aromatic heterocycles. The van der Waals surface area contributed by atoms with Gasteiger partial charge >= 0.3 is 0 Å². The summed E-state index contributed by atoms with van der Waals surface area (Å²) in [6, 6.07) is 0. The molecule has 23 heavy (non-hydrogen) atoms. The zero-order valence-corrected chi connectivity index (χ0v) is 13.2. The highest BCUT2D eigenvalue weighted by molar-refractivity contribution is 5.20. The van der Waals surface area contributed by atoms with Crippen molar-refractivity contribution in [1.82, 2.24) is 20.2 Å². The fourth-order valence-corrected chi connectivity index (χ4v) is 3.29. The van der Waals surface area contributed by atoms with E-state index in [9.17, 15) is 5.11 Å². The standard InChI is InChI=1S/C15H20N4O4/c1-9-12(10(2)23-17-9)4-6-19-7-13(16-18-19)15(20)5-3-11-8-21-14(15)22-11/h7,11,14,20H,3-6,8H2,1-2H3/t11-,14+,15?/m0/s1. The van der Waals surface area contributed by atoms with Crippen molar-refractivity contribution < 1.29 is 19.1 Å². The van der Waals surface area contributed by atoms with Crippen LogP contribution in [-0.4, -0.2) is 44.3 Å². The highest BCUT2D eigenvalue weighted by Gasteiger charge is 2.51. The Morgan fingerprint density at radius 3 is 3.09 bits per heavy atom. The predicted octanol–water partition coefficient (Wildman–Crippen LogP) is 0.849. The molecule has 124 valence electrons. The average Bonchev–Trinajstić information content (AvgIpc) is 3.24. The Balaban J connectivity index is 1.48. The summed E-state index contributed by atoms with van der Waals surface area (Å²) < 4.78 is 18.1. The number of hydrogen-bond acceptors (Lipinski definition) is 7. The lowest BCUT2D eigenvalue weighted by molar-refractivity contribution is -0.219. The first-order valence-corrected chi connectivity index (χ1v) is 7.88. The molecule has 3 atom stereocenters. The van der Waals surface area contributed by atoms with Crippen LogP contribution in [0, 0.1) is 13.8 Å². The number of aliphatic hydroxyl groups is 1. The van der Waals surface area contributed by atoms with E-state index in [2.05, 4.69) is 15.5 Å². The molecule has 2 aliphatic heterocycles. The fraction of sp³-hybridized carbons (Fsp3) is 0.667. The Labute approximate surface area is 133 Å². The number of aromatic nitrogens is 4. The molecular formula is C15H20N4O4. The van der Waals surface area contributed by atoms with E-state index in [4.69, 9.17) is 14.0 Å². The molecule has 0 aliphatic carbocycles. The first kappa shape index (κ1) is 14.8. The Bertz CT molecular complexity index is 693. The van der Waals surface area contributed by atoms with Gasteiger partial charge < -0.3 is 19.1 Å². The molecule has 0 aromatic carbocycles. The minimum absolute atomic E-state index is 0.0925. The second-order valence-electron chi connectivity index (χ2n) is 6.31. The minimum atomic E-state index is -1.21. The highest BCUT2D eigenvalue weighted by Crippen LogP contribution is 2.40. The molecule has 4 rings (SSSR count). The molecule has 2 bridgehead atoms. The van der Waals surface area contributed by atoms with Crippen molar-refractivity contribution in [2.24, 2.45) is 0 Å². The highest BCUT2D eigenvalue weighted by atomic mass is 16.7. The van der Waals surface area contributed by atoms with Crippen LogP contribution < -0.4 is 0 Å². The average molecular weight is 320 g/mol. The number of hydrogen-bond donors (Lipinski definition) is 1. The zero-order valence-electron chi connectivity index (χ0n) is 13.2. The third-order valence-corrected chi connectivity index (χ3v) is 4.74. The van der Waals surface area contributed by atoms with Gasteiger partial charge in [0.05, 0.1) is 24.6 Å². The largest absolute Gasteiger partial charge is 0.378 e. The third kappa shape index (κ3) is 2.46. The maximum Gasteiger partial charge on any atom is 0.192 e. The van der Waals surface area contributed by atoms with Crippen LogP contribution in [0.4, 0.5) is 0 Å². The number of rotatable bonds is 4. The Morgan fingerprint density at radius 1 is 1.43 bits per heavy atom. The van der Waals surface area contributed by atoms with E-state index in [1.54, 1.807) is 10.9 Å². The van der Waals surface area contributed by atoms with Gasteiger partial charge in [0.2, 0.25) is 0 Å². The third-order valence-electron chi connectivity index (χ3n) is 4.74. The van der Waals surface area contributed by atoms with Crippen LogP contribution in [0.3, 0.4) is 0 Å². The maximum absolute atomic E-state index is 10.9. The molecule has 0 saturated carbocycles. The van der Waals surface area contributed by atoms with Crippen LogP contribution in [-0.2, 0) is 28.0 Å². The normalized spacial score (nSPS) is 30.0. The summed E-state index contributed by atoms with van der Waals surface area (Å²) in [5, 5.41) is 23.1. The van der Waals surface area contributed by atoms with Gasteiger partial charge in [0.1, 0.15) is 11.5 Å². The van der Waals surface area contributed by atoms with Crippen LogP contribution in [0.15, 0.2) is 10.7 Å². The summed E-state index contributed by atoms with van der Waals surface area (Å²) in [7, 11) is 0. The van der Waals surface area contributed by atoms with Crippen molar-refractivity contribution in [2.75, 3.05) is 6.61 Å². The fourth-order valence-electron chi connectivity index (χ4n) is 3.29. The van der Waals surface area contributed by atoms with Gasteiger partial charge in [0.15, 0.2) is 11.9 Å². The molecule has 1 N–H and O–H groups in total. The minimum Gasteiger partial charge on any atom is -0.378 e. The molecule has 4 heterocycles. The van der Waals surface area contributed by atoms with Gasteiger partial charge in [0.25, 0.3) is 0 Å². The number of aryl methyl sites for hydroxylation is 3. The van der Waals surface area contributed by atoms with Crippen LogP contribution in [0.2, 0.25) is 0 Å². The summed E-state index contributed by atoms with van der Waals surface area (Å²) in [4.78, 5) is 0. The molecule has 2 aromatic rings. The molecular weight excluding hydrogens is 300 g/mol. The topological polar surface area (TPSA) is 95.4 Å². The van der Waals surface area contributed by atoms with Gasteiger partial charge in [-0.05, 0) is 33.1 Å². The quantitative estimate of drug-likeness (QED) is 0.892. The van der Waals surface area contributed by atoms with Crippen LogP contribution in [0.25, 0.3) is 0 Å². The van der Waals surface area contributed by atoms with Crippen molar-refractivity contribution >= 4 is 0 Å². The van der Waals surface area contributed by atoms with Gasteiger partial charge in [-0.1, -0.05) is 10.4 Å². The van der Waals surface area contributed by atoms with Crippen molar-refractivity contribution in [1.29, 1.82) is 0 Å². The van der Waals surface area contributed by atoms with Crippen LogP contribution >= 0.6 is 0 Å². The second-order valence-corrected chi connectivity index (χ2v) is 6.31. The van der Waals surface area contributed by atoms with E-state index >= 15 is 0 Å². The summed E-state index contributed by atoms with van der Waals surface area (Å²) >= 11 is 0. The van der Waals surface area contributed by atoms with E-state index in [1.165, 1.54) is 0 Å². The van der Waals surface area contributed by atoms with Gasteiger partial charge in [0, 0.05) is 12.1 Å². The van der Waals surface area contributed by atoms with E-state index < -0.39 is 11.9 Å². The first-order valence-electron chi connectivity index (χ1n) is 7.88. The van der Waals surface area contributed by atoms with Crippen molar-refractivity contribution in [3.8, 4) is 0 Å². The molecule has 0 radical (unpaired) electrons. The molecule has 0 amide bonds. The molecule has 2 saturated heterocycles. The van der Waals surface area contributed by atoms with Gasteiger partial charge in [-0.15, -0.1) is 5.10 Å². The van der Waals surface area contributed by atoms with Gasteiger partial charge in [-0.2, -0.15) is 0 Å². The summed E-state index contributed by atoms with van der Waals surface area (Å²) in [5.41, 5.74) is 1.27. The van der Waals surface area contributed by atoms with Crippen molar-refractivity contribution in [3.05, 3.63) is 28.9 Å². The van der Waals surface area contributed by atoms with Crippen molar-refractivity contribution in [2.45, 2.75) is 57.6 Å². The molecule has 1 unspecified atom stereocenters. The Hall–Kier alpha value is -1.77. The van der Waals surface area contributed by atoms with E-state index in [1.807, 2.05) is 13.8 Å². The Kier molecular flexibility index (Phi) is 3.47. The summed E-state index contributed by atoms with van der Waals surface area (Å²) in [6.07, 6.45) is 3.30. The monoisotopic (exact) mass is 320 g/mol. The molecule has 2 fully saturated rings. The molecule has 2 aliphatic rings. The number of fused-ring (bicyclic) bond motifs is 2. The van der Waals surface area contributed by atoms with E-state index in [0.29, 0.717) is 25.3 Å². The summed E-state index contributed by atoms with van der Waals surface area (Å²) in [5.74, 6) is 0.826. The first-order chi connectivity index (χ1) is 11.1. The Morgan fingerprint density at radius 2 is 2.30 bits per heavy atom. The lowest BCUT2D eigenvalue weighted by Crippen LogP contribution is -2.44. The van der Waals surface area contributed by atoms with Gasteiger partial charge in [-0.3, -0.25) is 4.68 Å². The van der Waals surface area contributed by atoms with E-state index in [-0.39, 0.29) is 6.10 Å². The van der Waals surface area contributed by atoms with Crippen LogP contribution in [0.5, 0.6) is 0 Å². The smallest absolute Gasteiger partial charge is 0.192 e. The number of ether oxygens (including phenoxy) is 2. The zero-order chi connectivity index (χ0) is 16.0. The predicted molar refractivity (Wildman–Crippen MR) is 77.4 cm³/mol. The van der Waals surface area contributed by atoms with E-state index in [0.717, 1.165) is 29.9 Å². The SMILES string of the molecule is Cc1noc(C)c1CCn1cc(C2(O)CC[C@H]3CO[C@@H]2O3)nn1. The van der Waals surface area contributed by atoms with Gasteiger partial charge in [-0.25, -0.2) is 0 Å². The van der Waals surface area contributed by atoms with Crippen molar-refractivity contribution in [3.63, 3.8) is 0 Å². The molecule has 8 heteroatoms. The summed E-state index contributed by atoms with van der Waals surface area (Å²) in [6.45, 7) is 5.00. The maximum atomic E-state index is 10.9. The molecule has 0 spiro atoms. The lowest BCUT2D eigenvalue weighted by Gasteiger charge is -2.34.